The first-order chi connectivity index (χ1) is 11.5. The van der Waals surface area contributed by atoms with E-state index in [1.54, 1.807) is 37.7 Å². The second-order valence-corrected chi connectivity index (χ2v) is 6.05. The minimum absolute atomic E-state index is 0.108. The monoisotopic (exact) mass is 328 g/mol. The molecule has 0 saturated heterocycles. The van der Waals surface area contributed by atoms with Gasteiger partial charge in [-0.3, -0.25) is 9.78 Å². The molecule has 0 bridgehead atoms. The van der Waals surface area contributed by atoms with Crippen LogP contribution in [0.1, 0.15) is 42.7 Å². The van der Waals surface area contributed by atoms with Gasteiger partial charge in [0.1, 0.15) is 0 Å². The summed E-state index contributed by atoms with van der Waals surface area (Å²) in [5, 5.41) is 2.97. The minimum atomic E-state index is -0.159. The summed E-state index contributed by atoms with van der Waals surface area (Å²) in [5.41, 5.74) is 1.53. The predicted octanol–water partition coefficient (Wildman–Crippen LogP) is 3.62. The number of hydrogen-bond donors (Lipinski definition) is 1. The van der Waals surface area contributed by atoms with Crippen molar-refractivity contribution in [3.05, 3.63) is 53.9 Å². The average molecular weight is 328 g/mol. The Labute approximate surface area is 143 Å². The first-order valence-electron chi connectivity index (χ1n) is 8.03. The normalized spacial score (nSPS) is 11.9. The van der Waals surface area contributed by atoms with E-state index in [-0.39, 0.29) is 11.9 Å². The molecule has 2 aromatic rings. The number of benzene rings is 1. The number of carbonyl (C=O) groups is 1. The number of methoxy groups -OCH3 is 1. The summed E-state index contributed by atoms with van der Waals surface area (Å²) in [6.45, 7) is 6.69. The second-order valence-electron chi connectivity index (χ2n) is 6.05. The van der Waals surface area contributed by atoms with E-state index in [9.17, 15) is 4.79 Å². The van der Waals surface area contributed by atoms with Gasteiger partial charge in [0.05, 0.1) is 19.8 Å². The Balaban J connectivity index is 2.09. The van der Waals surface area contributed by atoms with E-state index in [1.807, 2.05) is 19.1 Å². The lowest BCUT2D eigenvalue weighted by molar-refractivity contribution is 0.0939. The maximum absolute atomic E-state index is 12.5. The largest absolute Gasteiger partial charge is 0.493 e. The minimum Gasteiger partial charge on any atom is -0.493 e. The molecule has 0 saturated carbocycles. The van der Waals surface area contributed by atoms with Crippen molar-refractivity contribution in [2.24, 2.45) is 5.92 Å². The smallest absolute Gasteiger partial charge is 0.251 e. The molecular formula is C19H24N2O3. The molecule has 24 heavy (non-hydrogen) atoms. The molecule has 1 unspecified atom stereocenters. The fourth-order valence-corrected chi connectivity index (χ4v) is 2.20. The van der Waals surface area contributed by atoms with E-state index in [4.69, 9.17) is 9.47 Å². The maximum Gasteiger partial charge on any atom is 0.251 e. The standard InChI is InChI=1S/C19H24N2O3/c1-13(2)12-24-17-6-5-16(11-18(17)23-4)19(22)21-14(3)15-7-9-20-10-8-15/h5-11,13-14H,12H2,1-4H3,(H,21,22). The van der Waals surface area contributed by atoms with Gasteiger partial charge in [-0.2, -0.15) is 0 Å². The fraction of sp³-hybridized carbons (Fsp3) is 0.368. The van der Waals surface area contributed by atoms with Crippen LogP contribution in [-0.2, 0) is 0 Å². The van der Waals surface area contributed by atoms with E-state index >= 15 is 0 Å². The number of nitrogens with one attached hydrogen (secondary N) is 1. The van der Waals surface area contributed by atoms with Gasteiger partial charge in [-0.25, -0.2) is 0 Å². The number of nitrogens with zero attached hydrogens (tertiary/aromatic N) is 1. The molecule has 1 aromatic carbocycles. The lowest BCUT2D eigenvalue weighted by Crippen LogP contribution is -2.26. The summed E-state index contributed by atoms with van der Waals surface area (Å²) < 4.78 is 11.1. The number of amides is 1. The Hall–Kier alpha value is -2.56. The highest BCUT2D eigenvalue weighted by Crippen LogP contribution is 2.28. The van der Waals surface area contributed by atoms with Crippen molar-refractivity contribution in [3.8, 4) is 11.5 Å². The molecule has 1 N–H and O–H groups in total. The maximum atomic E-state index is 12.5. The van der Waals surface area contributed by atoms with Crippen LogP contribution >= 0.6 is 0 Å². The molecule has 1 heterocycles. The molecule has 5 nitrogen and oxygen atoms in total. The van der Waals surface area contributed by atoms with Gasteiger partial charge in [0, 0.05) is 18.0 Å². The SMILES string of the molecule is COc1cc(C(=O)NC(C)c2ccncc2)ccc1OCC(C)C. The summed E-state index contributed by atoms with van der Waals surface area (Å²) in [5.74, 6) is 1.46. The molecule has 0 aliphatic heterocycles. The molecule has 1 amide bonds. The van der Waals surface area contributed by atoms with Gasteiger partial charge in [-0.15, -0.1) is 0 Å². The molecule has 0 radical (unpaired) electrons. The number of aromatic nitrogens is 1. The van der Waals surface area contributed by atoms with Crippen LogP contribution in [0.5, 0.6) is 11.5 Å². The van der Waals surface area contributed by atoms with Crippen molar-refractivity contribution < 1.29 is 14.3 Å². The van der Waals surface area contributed by atoms with Crippen molar-refractivity contribution in [1.82, 2.24) is 10.3 Å². The predicted molar refractivity (Wildman–Crippen MR) is 93.4 cm³/mol. The van der Waals surface area contributed by atoms with Crippen LogP contribution in [-0.4, -0.2) is 24.6 Å². The van der Waals surface area contributed by atoms with Gasteiger partial charge in [-0.05, 0) is 48.7 Å². The third kappa shape index (κ3) is 4.72. The number of hydrogen-bond acceptors (Lipinski definition) is 4. The number of carbonyl (C=O) groups excluding carboxylic acids is 1. The average Bonchev–Trinajstić information content (AvgIpc) is 2.60. The summed E-state index contributed by atoms with van der Waals surface area (Å²) >= 11 is 0. The van der Waals surface area contributed by atoms with Gasteiger partial charge in [-0.1, -0.05) is 13.8 Å². The Morgan fingerprint density at radius 2 is 1.83 bits per heavy atom. The number of ether oxygens (including phenoxy) is 2. The second kappa shape index (κ2) is 8.34. The highest BCUT2D eigenvalue weighted by atomic mass is 16.5. The summed E-state index contributed by atoms with van der Waals surface area (Å²) in [7, 11) is 1.57. The Morgan fingerprint density at radius 1 is 1.12 bits per heavy atom. The zero-order valence-electron chi connectivity index (χ0n) is 14.6. The topological polar surface area (TPSA) is 60.5 Å². The van der Waals surface area contributed by atoms with Crippen LogP contribution in [0.15, 0.2) is 42.7 Å². The fourth-order valence-electron chi connectivity index (χ4n) is 2.20. The van der Waals surface area contributed by atoms with Crippen LogP contribution in [0.25, 0.3) is 0 Å². The molecule has 0 aliphatic carbocycles. The van der Waals surface area contributed by atoms with Gasteiger partial charge < -0.3 is 14.8 Å². The molecule has 1 aromatic heterocycles. The molecule has 1 atom stereocenters. The van der Waals surface area contributed by atoms with E-state index in [0.717, 1.165) is 5.56 Å². The number of pyridine rings is 1. The Morgan fingerprint density at radius 3 is 2.46 bits per heavy atom. The Bertz CT molecular complexity index is 672. The first-order valence-corrected chi connectivity index (χ1v) is 8.03. The van der Waals surface area contributed by atoms with Crippen LogP contribution in [0, 0.1) is 5.92 Å². The van der Waals surface area contributed by atoms with E-state index in [0.29, 0.717) is 29.6 Å². The summed E-state index contributed by atoms with van der Waals surface area (Å²) in [4.78, 5) is 16.4. The van der Waals surface area contributed by atoms with Crippen molar-refractivity contribution in [2.45, 2.75) is 26.8 Å². The van der Waals surface area contributed by atoms with Crippen molar-refractivity contribution in [3.63, 3.8) is 0 Å². The molecule has 5 heteroatoms. The van der Waals surface area contributed by atoms with E-state index in [1.165, 1.54) is 0 Å². The highest BCUT2D eigenvalue weighted by Gasteiger charge is 2.14. The number of rotatable bonds is 7. The molecular weight excluding hydrogens is 304 g/mol. The summed E-state index contributed by atoms with van der Waals surface area (Å²) in [6.07, 6.45) is 3.42. The lowest BCUT2D eigenvalue weighted by Gasteiger charge is -2.16. The van der Waals surface area contributed by atoms with E-state index < -0.39 is 0 Å². The summed E-state index contributed by atoms with van der Waals surface area (Å²) in [6, 6.07) is 8.87. The third-order valence-corrected chi connectivity index (χ3v) is 3.55. The Kier molecular flexibility index (Phi) is 6.18. The lowest BCUT2D eigenvalue weighted by atomic mass is 10.1. The van der Waals surface area contributed by atoms with Gasteiger partial charge in [0.15, 0.2) is 11.5 Å². The zero-order chi connectivity index (χ0) is 17.5. The zero-order valence-corrected chi connectivity index (χ0v) is 14.6. The van der Waals surface area contributed by atoms with Crippen molar-refractivity contribution in [2.75, 3.05) is 13.7 Å². The van der Waals surface area contributed by atoms with Gasteiger partial charge in [0.2, 0.25) is 0 Å². The molecule has 0 aliphatic rings. The third-order valence-electron chi connectivity index (χ3n) is 3.55. The van der Waals surface area contributed by atoms with E-state index in [2.05, 4.69) is 24.1 Å². The van der Waals surface area contributed by atoms with Crippen molar-refractivity contribution in [1.29, 1.82) is 0 Å². The molecule has 2 rings (SSSR count). The van der Waals surface area contributed by atoms with Crippen molar-refractivity contribution >= 4 is 5.91 Å². The van der Waals surface area contributed by atoms with Crippen LogP contribution < -0.4 is 14.8 Å². The molecule has 0 spiro atoms. The van der Waals surface area contributed by atoms with Crippen LogP contribution in [0.4, 0.5) is 0 Å². The van der Waals surface area contributed by atoms with Crippen LogP contribution in [0.3, 0.4) is 0 Å². The molecule has 0 fully saturated rings. The molecule has 128 valence electrons. The van der Waals surface area contributed by atoms with Crippen LogP contribution in [0.2, 0.25) is 0 Å². The van der Waals surface area contributed by atoms with Gasteiger partial charge in [0.25, 0.3) is 5.91 Å². The highest BCUT2D eigenvalue weighted by molar-refractivity contribution is 5.95. The van der Waals surface area contributed by atoms with Gasteiger partial charge >= 0.3 is 0 Å². The quantitative estimate of drug-likeness (QED) is 0.843. The first kappa shape index (κ1) is 17.8.